The van der Waals surface area contributed by atoms with Crippen molar-refractivity contribution in [3.8, 4) is 0 Å². The molecule has 126 valence electrons. The molecule has 0 bridgehead atoms. The molecule has 1 atom stereocenters. The third-order valence-electron chi connectivity index (χ3n) is 3.90. The van der Waals surface area contributed by atoms with Gasteiger partial charge in [-0.1, -0.05) is 53.5 Å². The lowest BCUT2D eigenvalue weighted by atomic mass is 9.83. The number of halogens is 2. The van der Waals surface area contributed by atoms with E-state index in [9.17, 15) is 14.7 Å². The summed E-state index contributed by atoms with van der Waals surface area (Å²) in [4.78, 5) is 27.6. The number of benzene rings is 2. The Morgan fingerprint density at radius 3 is 2.28 bits per heavy atom. The summed E-state index contributed by atoms with van der Waals surface area (Å²) in [6, 6.07) is 11.4. The first kappa shape index (κ1) is 17.2. The highest BCUT2D eigenvalue weighted by Crippen LogP contribution is 2.37. The molecule has 25 heavy (non-hydrogen) atoms. The van der Waals surface area contributed by atoms with Crippen LogP contribution >= 0.6 is 23.2 Å². The number of rotatable bonds is 4. The topological polar surface area (TPSA) is 87.0 Å². The minimum absolute atomic E-state index is 0.210. The largest absolute Gasteiger partial charge is 0.479 e. The minimum atomic E-state index is -1.77. The van der Waals surface area contributed by atoms with Gasteiger partial charge in [-0.3, -0.25) is 4.99 Å². The Bertz CT molecular complexity index is 1030. The van der Waals surface area contributed by atoms with Crippen LogP contribution in [-0.4, -0.2) is 22.2 Å². The van der Waals surface area contributed by atoms with Gasteiger partial charge in [-0.15, -0.1) is 0 Å². The van der Waals surface area contributed by atoms with Crippen LogP contribution in [0.25, 0.3) is 5.57 Å². The van der Waals surface area contributed by atoms with Crippen LogP contribution in [0.4, 0.5) is 0 Å². The van der Waals surface area contributed by atoms with Gasteiger partial charge in [0.25, 0.3) is 0 Å². The Hall–Kier alpha value is -2.63. The fourth-order valence-corrected chi connectivity index (χ4v) is 3.15. The highest BCUT2D eigenvalue weighted by molar-refractivity contribution is 6.41. The molecule has 0 saturated heterocycles. The van der Waals surface area contributed by atoms with Crippen LogP contribution in [0.2, 0.25) is 10.0 Å². The van der Waals surface area contributed by atoms with Crippen molar-refractivity contribution in [3.05, 3.63) is 80.8 Å². The van der Waals surface area contributed by atoms with Crippen molar-refractivity contribution in [3.63, 3.8) is 0 Å². The van der Waals surface area contributed by atoms with E-state index in [4.69, 9.17) is 28.3 Å². The fraction of sp³-hybridized carbons (Fsp3) is 0.0556. The van der Waals surface area contributed by atoms with Crippen molar-refractivity contribution in [1.82, 2.24) is 0 Å². The monoisotopic (exact) mass is 375 g/mol. The highest BCUT2D eigenvalue weighted by atomic mass is 35.5. The molecule has 0 radical (unpaired) electrons. The van der Waals surface area contributed by atoms with Crippen molar-refractivity contribution in [1.29, 1.82) is 0 Å². The number of hydrogen-bond acceptors (Lipinski definition) is 3. The van der Waals surface area contributed by atoms with E-state index in [0.29, 0.717) is 16.1 Å². The molecule has 0 amide bonds. The SMILES string of the molecule is O=C(O)/C=C/C1=c2cc(Cl)c(Cl)cc2=NC1(C(=O)O)c1ccccc1. The lowest BCUT2D eigenvalue weighted by molar-refractivity contribution is -0.141. The molecule has 0 saturated carbocycles. The Morgan fingerprint density at radius 1 is 1.04 bits per heavy atom. The molecular formula is C18H11Cl2NO4. The smallest absolute Gasteiger partial charge is 0.341 e. The quantitative estimate of drug-likeness (QED) is 0.803. The second-order valence-electron chi connectivity index (χ2n) is 5.36. The molecule has 3 rings (SSSR count). The molecular weight excluding hydrogens is 365 g/mol. The van der Waals surface area contributed by atoms with Crippen molar-refractivity contribution in [2.75, 3.05) is 0 Å². The van der Waals surface area contributed by atoms with Crippen LogP contribution in [0.5, 0.6) is 0 Å². The van der Waals surface area contributed by atoms with Gasteiger partial charge in [0.2, 0.25) is 5.54 Å². The molecule has 0 aliphatic carbocycles. The standard InChI is InChI=1S/C18H11Cl2NO4/c19-13-8-11-12(6-7-16(22)23)18(17(24)25,10-4-2-1-3-5-10)21-15(11)9-14(13)20/h1-9H,(H,22,23)(H,24,25)/b7-6+. The summed E-state index contributed by atoms with van der Waals surface area (Å²) in [5, 5.41) is 20.2. The molecule has 0 fully saturated rings. The Kier molecular flexibility index (Phi) is 4.37. The van der Waals surface area contributed by atoms with Crippen LogP contribution in [0, 0.1) is 0 Å². The molecule has 1 aliphatic heterocycles. The molecule has 1 aliphatic rings. The molecule has 5 nitrogen and oxygen atoms in total. The van der Waals surface area contributed by atoms with Gasteiger partial charge in [-0.25, -0.2) is 9.59 Å². The predicted molar refractivity (Wildman–Crippen MR) is 93.2 cm³/mol. The maximum Gasteiger partial charge on any atom is 0.341 e. The van der Waals surface area contributed by atoms with E-state index in [1.807, 2.05) is 0 Å². The van der Waals surface area contributed by atoms with Gasteiger partial charge in [0, 0.05) is 16.9 Å². The second-order valence-corrected chi connectivity index (χ2v) is 6.18. The van der Waals surface area contributed by atoms with Gasteiger partial charge < -0.3 is 10.2 Å². The van der Waals surface area contributed by atoms with E-state index in [1.54, 1.807) is 30.3 Å². The zero-order valence-electron chi connectivity index (χ0n) is 12.6. The molecule has 0 spiro atoms. The third kappa shape index (κ3) is 2.81. The molecule has 1 unspecified atom stereocenters. The van der Waals surface area contributed by atoms with Crippen LogP contribution in [-0.2, 0) is 15.1 Å². The average molecular weight is 376 g/mol. The number of carbonyl (C=O) groups is 2. The first-order valence-electron chi connectivity index (χ1n) is 7.16. The van der Waals surface area contributed by atoms with Crippen LogP contribution in [0.1, 0.15) is 5.56 Å². The zero-order valence-corrected chi connectivity index (χ0v) is 14.1. The van der Waals surface area contributed by atoms with Gasteiger partial charge in [-0.05, 0) is 23.8 Å². The zero-order chi connectivity index (χ0) is 18.2. The van der Waals surface area contributed by atoms with Gasteiger partial charge in [-0.2, -0.15) is 0 Å². The van der Waals surface area contributed by atoms with Crippen LogP contribution in [0.15, 0.2) is 59.6 Å². The third-order valence-corrected chi connectivity index (χ3v) is 4.62. The summed E-state index contributed by atoms with van der Waals surface area (Å²) in [7, 11) is 0. The summed E-state index contributed by atoms with van der Waals surface area (Å²) >= 11 is 12.1. The van der Waals surface area contributed by atoms with Crippen molar-refractivity contribution in [2.24, 2.45) is 4.99 Å². The number of hydrogen-bond donors (Lipinski definition) is 2. The van der Waals surface area contributed by atoms with E-state index in [1.165, 1.54) is 18.2 Å². The van der Waals surface area contributed by atoms with E-state index < -0.39 is 17.5 Å². The molecule has 2 aromatic rings. The first-order chi connectivity index (χ1) is 11.9. The molecule has 2 aromatic carbocycles. The summed E-state index contributed by atoms with van der Waals surface area (Å²) in [5.41, 5.74) is -1.16. The lowest BCUT2D eigenvalue weighted by Crippen LogP contribution is -2.34. The minimum Gasteiger partial charge on any atom is -0.479 e. The van der Waals surface area contributed by atoms with Crippen LogP contribution < -0.4 is 10.6 Å². The molecule has 0 aromatic heterocycles. The Balaban J connectivity index is 2.45. The van der Waals surface area contributed by atoms with Crippen LogP contribution in [0.3, 0.4) is 0 Å². The fourth-order valence-electron chi connectivity index (χ4n) is 2.83. The van der Waals surface area contributed by atoms with E-state index in [0.717, 1.165) is 6.08 Å². The number of aliphatic carboxylic acids is 2. The maximum absolute atomic E-state index is 12.3. The van der Waals surface area contributed by atoms with Crippen molar-refractivity contribution in [2.45, 2.75) is 5.54 Å². The molecule has 1 heterocycles. The molecule has 7 heteroatoms. The summed E-state index contributed by atoms with van der Waals surface area (Å²) in [5.74, 6) is -2.43. The molecule has 2 N–H and O–H groups in total. The first-order valence-corrected chi connectivity index (χ1v) is 7.91. The lowest BCUT2D eigenvalue weighted by Gasteiger charge is -2.24. The summed E-state index contributed by atoms with van der Waals surface area (Å²) in [6.45, 7) is 0. The van der Waals surface area contributed by atoms with Gasteiger partial charge in [0.05, 0.1) is 15.4 Å². The summed E-state index contributed by atoms with van der Waals surface area (Å²) in [6.07, 6.45) is 2.12. The van der Waals surface area contributed by atoms with Crippen molar-refractivity contribution < 1.29 is 19.8 Å². The van der Waals surface area contributed by atoms with E-state index >= 15 is 0 Å². The Labute approximate surface area is 152 Å². The number of fused-ring (bicyclic) bond motifs is 1. The average Bonchev–Trinajstić information content (AvgIpc) is 2.88. The maximum atomic E-state index is 12.3. The number of carboxylic acid groups (broad SMARTS) is 2. The van der Waals surface area contributed by atoms with Gasteiger partial charge in [0.1, 0.15) is 0 Å². The number of carboxylic acids is 2. The van der Waals surface area contributed by atoms with E-state index in [-0.39, 0.29) is 15.6 Å². The highest BCUT2D eigenvalue weighted by Gasteiger charge is 2.46. The van der Waals surface area contributed by atoms with Crippen molar-refractivity contribution >= 4 is 40.7 Å². The second kappa shape index (κ2) is 6.35. The number of nitrogens with zero attached hydrogens (tertiary/aromatic N) is 1. The summed E-state index contributed by atoms with van der Waals surface area (Å²) < 4.78 is 0. The predicted octanol–water partition coefficient (Wildman–Crippen LogP) is 2.40. The van der Waals surface area contributed by atoms with E-state index in [2.05, 4.69) is 4.99 Å². The van der Waals surface area contributed by atoms with Gasteiger partial charge >= 0.3 is 11.9 Å². The van der Waals surface area contributed by atoms with Gasteiger partial charge in [0.15, 0.2) is 0 Å². The Morgan fingerprint density at radius 2 is 1.68 bits per heavy atom. The normalized spacial score (nSPS) is 18.9.